The quantitative estimate of drug-likeness (QED) is 0.209. The summed E-state index contributed by atoms with van der Waals surface area (Å²) in [5.41, 5.74) is -3.10. The van der Waals surface area contributed by atoms with E-state index in [1.165, 1.54) is 26.3 Å². The van der Waals surface area contributed by atoms with E-state index < -0.39 is 58.8 Å². The van der Waals surface area contributed by atoms with Crippen molar-refractivity contribution in [3.8, 4) is 0 Å². The van der Waals surface area contributed by atoms with Crippen LogP contribution < -0.4 is 5.32 Å². The van der Waals surface area contributed by atoms with E-state index in [1.54, 1.807) is 0 Å². The fourth-order valence-corrected chi connectivity index (χ4v) is 11.2. The number of hydrogen-bond acceptors (Lipinski definition) is 10. The van der Waals surface area contributed by atoms with Gasteiger partial charge >= 0.3 is 0 Å². The third-order valence-corrected chi connectivity index (χ3v) is 13.6. The highest BCUT2D eigenvalue weighted by molar-refractivity contribution is 5.26. The normalized spacial score (nSPS) is 54.8. The lowest BCUT2D eigenvalue weighted by Crippen LogP contribution is -2.74. The lowest BCUT2D eigenvalue weighted by molar-refractivity contribution is -0.400. The molecule has 0 amide bonds. The second-order valence-corrected chi connectivity index (χ2v) is 16.4. The first-order chi connectivity index (χ1) is 20.5. The molecule has 0 radical (unpaired) electrons. The largest absolute Gasteiger partial charge is 0.393 e. The van der Waals surface area contributed by atoms with Gasteiger partial charge in [-0.2, -0.15) is 0 Å². The van der Waals surface area contributed by atoms with Gasteiger partial charge in [0.2, 0.25) is 0 Å². The van der Waals surface area contributed by atoms with Gasteiger partial charge in [-0.25, -0.2) is 0 Å². The highest BCUT2D eigenvalue weighted by Gasteiger charge is 2.68. The molecule has 0 aromatic carbocycles. The van der Waals surface area contributed by atoms with Gasteiger partial charge in [-0.1, -0.05) is 25.5 Å². The molecule has 16 atom stereocenters. The van der Waals surface area contributed by atoms with Crippen molar-refractivity contribution in [2.75, 3.05) is 13.1 Å². The van der Waals surface area contributed by atoms with Crippen LogP contribution >= 0.6 is 0 Å². The first-order valence-electron chi connectivity index (χ1n) is 17.1. The zero-order valence-electron chi connectivity index (χ0n) is 27.2. The second-order valence-electron chi connectivity index (χ2n) is 16.4. The Bertz CT molecular complexity index is 1110. The van der Waals surface area contributed by atoms with Crippen molar-refractivity contribution >= 4 is 0 Å². The Labute approximate surface area is 261 Å². The zero-order valence-corrected chi connectivity index (χ0v) is 27.2. The van der Waals surface area contributed by atoms with Gasteiger partial charge in [-0.15, -0.1) is 0 Å². The predicted molar refractivity (Wildman–Crippen MR) is 162 cm³/mol. The van der Waals surface area contributed by atoms with E-state index >= 15 is 0 Å². The van der Waals surface area contributed by atoms with Gasteiger partial charge in [-0.3, -0.25) is 0 Å². The summed E-state index contributed by atoms with van der Waals surface area (Å²) < 4.78 is 12.4. The summed E-state index contributed by atoms with van der Waals surface area (Å²) in [4.78, 5) is 0. The standard InChI is InChI=1S/C34H57NO9/c1-30-12-10-19(36)15-18(30)8-9-21-22(30)11-13-31(2)23(21)16-24(37)26(31)32(3,41)27(38)25-28(39)33(4,42)29(40)34(5,44-25)43-20-7-6-14-35-17-20/h8,19-29,35-42H,6-7,9-17H2,1-5H3/t19-,20?,21?,22?,23?,24+,25?,26-,27+,28+,29+,30-,31-,32+,33+,34+/m0/s1. The Kier molecular flexibility index (Phi) is 8.47. The molecule has 5 fully saturated rings. The van der Waals surface area contributed by atoms with Crippen LogP contribution in [0.15, 0.2) is 11.6 Å². The fourth-order valence-electron chi connectivity index (χ4n) is 11.2. The maximum atomic E-state index is 12.3. The predicted octanol–water partition coefficient (Wildman–Crippen LogP) is 1.37. The monoisotopic (exact) mass is 623 g/mol. The van der Waals surface area contributed by atoms with Crippen molar-refractivity contribution in [1.82, 2.24) is 5.32 Å². The number of hydrogen-bond donors (Lipinski definition) is 8. The molecule has 2 heterocycles. The number of aliphatic hydroxyl groups is 7. The Hall–Kier alpha value is -0.660. The molecule has 8 N–H and O–H groups in total. The molecule has 3 saturated carbocycles. The van der Waals surface area contributed by atoms with Crippen LogP contribution in [0.3, 0.4) is 0 Å². The van der Waals surface area contributed by atoms with Crippen LogP contribution in [0.25, 0.3) is 0 Å². The number of piperidine rings is 1. The van der Waals surface area contributed by atoms with Crippen LogP contribution in [0.1, 0.15) is 92.4 Å². The Morgan fingerprint density at radius 1 is 1.05 bits per heavy atom. The SMILES string of the molecule is C[C@@]1(OC2CCCNC2)OC([C@@H](O)[C@](C)(O)[C@H]2[C@H](O)CC3C4CC=C5C[C@@H](O)CC[C@]5(C)C4CC[C@@]32C)[C@@H](O)[C@@](C)(O)[C@H]1O. The lowest BCUT2D eigenvalue weighted by atomic mass is 9.46. The second kappa shape index (κ2) is 11.2. The van der Waals surface area contributed by atoms with E-state index in [0.29, 0.717) is 24.8 Å². The molecule has 0 bridgehead atoms. The van der Waals surface area contributed by atoms with Crippen LogP contribution in [0.2, 0.25) is 0 Å². The molecular formula is C34H57NO9. The van der Waals surface area contributed by atoms with Crippen molar-refractivity contribution in [2.24, 2.45) is 34.5 Å². The van der Waals surface area contributed by atoms with Gasteiger partial charge in [0.05, 0.1) is 23.9 Å². The number of aliphatic hydroxyl groups excluding tert-OH is 5. The maximum Gasteiger partial charge on any atom is 0.195 e. The van der Waals surface area contributed by atoms with E-state index in [-0.39, 0.29) is 23.5 Å². The number of rotatable bonds is 5. The van der Waals surface area contributed by atoms with Crippen molar-refractivity contribution < 1.29 is 45.2 Å². The third-order valence-electron chi connectivity index (χ3n) is 13.6. The molecule has 252 valence electrons. The van der Waals surface area contributed by atoms with Gasteiger partial charge in [0.25, 0.3) is 0 Å². The fraction of sp³-hybridized carbons (Fsp3) is 0.941. The smallest absolute Gasteiger partial charge is 0.195 e. The summed E-state index contributed by atoms with van der Waals surface area (Å²) in [5.74, 6) is -1.61. The Balaban J connectivity index is 1.27. The Morgan fingerprint density at radius 3 is 2.45 bits per heavy atom. The van der Waals surface area contributed by atoms with Crippen LogP contribution in [-0.4, -0.2) is 109 Å². The minimum Gasteiger partial charge on any atom is -0.393 e. The van der Waals surface area contributed by atoms with Crippen LogP contribution in [0.5, 0.6) is 0 Å². The van der Waals surface area contributed by atoms with Crippen molar-refractivity contribution in [3.05, 3.63) is 11.6 Å². The molecule has 0 spiro atoms. The summed E-state index contributed by atoms with van der Waals surface area (Å²) in [6.45, 7) is 10.2. The average molecular weight is 624 g/mol. The molecule has 2 aliphatic heterocycles. The summed E-state index contributed by atoms with van der Waals surface area (Å²) in [6.07, 6.45) is 1.46. The average Bonchev–Trinajstić information content (AvgIpc) is 3.25. The van der Waals surface area contributed by atoms with E-state index in [4.69, 9.17) is 9.47 Å². The minimum absolute atomic E-state index is 0.0271. The van der Waals surface area contributed by atoms with Gasteiger partial charge in [-0.05, 0) is 114 Å². The molecular weight excluding hydrogens is 566 g/mol. The number of ether oxygens (including phenoxy) is 2. The van der Waals surface area contributed by atoms with Crippen LogP contribution in [-0.2, 0) is 9.47 Å². The van der Waals surface area contributed by atoms with Crippen molar-refractivity contribution in [2.45, 2.75) is 152 Å². The van der Waals surface area contributed by atoms with Crippen molar-refractivity contribution in [3.63, 3.8) is 0 Å². The van der Waals surface area contributed by atoms with Crippen LogP contribution in [0.4, 0.5) is 0 Å². The molecule has 0 aromatic heterocycles. The van der Waals surface area contributed by atoms with Crippen LogP contribution in [0, 0.1) is 34.5 Å². The van der Waals surface area contributed by atoms with Crippen molar-refractivity contribution in [1.29, 1.82) is 0 Å². The molecule has 4 aliphatic carbocycles. The molecule has 5 unspecified atom stereocenters. The number of nitrogens with one attached hydrogen (secondary N) is 1. The number of allylic oxidation sites excluding steroid dienone is 1. The molecule has 10 nitrogen and oxygen atoms in total. The summed E-state index contributed by atoms with van der Waals surface area (Å²) in [6, 6.07) is 0. The lowest BCUT2D eigenvalue weighted by Gasteiger charge is -2.59. The highest BCUT2D eigenvalue weighted by Crippen LogP contribution is 2.68. The molecule has 44 heavy (non-hydrogen) atoms. The Morgan fingerprint density at radius 2 is 1.77 bits per heavy atom. The molecule has 10 heteroatoms. The molecule has 6 aliphatic rings. The minimum atomic E-state index is -2.11. The molecule has 0 aromatic rings. The van der Waals surface area contributed by atoms with E-state index in [2.05, 4.69) is 25.2 Å². The number of fused-ring (bicyclic) bond motifs is 5. The summed E-state index contributed by atoms with van der Waals surface area (Å²) >= 11 is 0. The first-order valence-corrected chi connectivity index (χ1v) is 17.1. The van der Waals surface area contributed by atoms with Gasteiger partial charge < -0.3 is 50.5 Å². The third kappa shape index (κ3) is 4.97. The summed E-state index contributed by atoms with van der Waals surface area (Å²) in [5, 5.41) is 83.3. The van der Waals surface area contributed by atoms with E-state index in [1.807, 2.05) is 0 Å². The van der Waals surface area contributed by atoms with Gasteiger partial charge in [0.1, 0.15) is 30.0 Å². The van der Waals surface area contributed by atoms with E-state index in [0.717, 1.165) is 57.9 Å². The van der Waals surface area contributed by atoms with Gasteiger partial charge in [0.15, 0.2) is 5.79 Å². The first kappa shape index (κ1) is 33.2. The molecule has 6 rings (SSSR count). The maximum absolute atomic E-state index is 12.3. The zero-order chi connectivity index (χ0) is 32.0. The molecule has 2 saturated heterocycles. The van der Waals surface area contributed by atoms with E-state index in [9.17, 15) is 35.7 Å². The highest BCUT2D eigenvalue weighted by atomic mass is 16.7. The summed E-state index contributed by atoms with van der Waals surface area (Å²) in [7, 11) is 0. The topological polar surface area (TPSA) is 172 Å². The van der Waals surface area contributed by atoms with Gasteiger partial charge in [0, 0.05) is 12.5 Å².